The van der Waals surface area contributed by atoms with Crippen molar-refractivity contribution in [3.8, 4) is 5.69 Å². The van der Waals surface area contributed by atoms with Crippen LogP contribution < -0.4 is 0 Å². The van der Waals surface area contributed by atoms with Crippen molar-refractivity contribution in [3.63, 3.8) is 0 Å². The molecule has 0 N–H and O–H groups in total. The molecular formula is C37H32N2. The first-order chi connectivity index (χ1) is 19.3. The van der Waals surface area contributed by atoms with Gasteiger partial charge in [-0.2, -0.15) is 0 Å². The Morgan fingerprint density at radius 3 is 1.95 bits per heavy atom. The van der Waals surface area contributed by atoms with Crippen LogP contribution in [-0.2, 0) is 13.0 Å². The van der Waals surface area contributed by atoms with Crippen LogP contribution in [0.2, 0.25) is 0 Å². The van der Waals surface area contributed by atoms with E-state index in [9.17, 15) is 0 Å². The molecule has 0 amide bonds. The minimum absolute atomic E-state index is 0.824. The Kier molecular flexibility index (Phi) is 5.82. The number of rotatable bonds is 7. The monoisotopic (exact) mass is 504 g/mol. The van der Waals surface area contributed by atoms with Gasteiger partial charge in [0.15, 0.2) is 0 Å². The molecule has 7 rings (SSSR count). The Morgan fingerprint density at radius 2 is 1.23 bits per heavy atom. The standard InChI is InChI=1S/C37H32N2/c1-3-5-10-27-19-21-29(22-20-27)39-33-14-9-7-12-31(33)37-35(39)24-23-34-36(37)30-11-6-8-13-32(30)38(34)25-28-17-15-26(4-2)16-18-28/h4,6-9,11-24H,2-3,5,10,25H2,1H3. The molecule has 2 aromatic heterocycles. The Labute approximate surface area is 229 Å². The highest BCUT2D eigenvalue weighted by Gasteiger charge is 2.19. The van der Waals surface area contributed by atoms with Crippen molar-refractivity contribution in [2.24, 2.45) is 0 Å². The molecule has 0 saturated carbocycles. The summed E-state index contributed by atoms with van der Waals surface area (Å²) in [5.74, 6) is 0. The third-order valence-corrected chi connectivity index (χ3v) is 8.14. The predicted molar refractivity (Wildman–Crippen MR) is 168 cm³/mol. The fourth-order valence-electron chi connectivity index (χ4n) is 6.18. The van der Waals surface area contributed by atoms with E-state index >= 15 is 0 Å². The van der Waals surface area contributed by atoms with Gasteiger partial charge in [0.25, 0.3) is 0 Å². The van der Waals surface area contributed by atoms with Crippen molar-refractivity contribution < 1.29 is 0 Å². The summed E-state index contributed by atoms with van der Waals surface area (Å²) in [6, 6.07) is 40.3. The second-order valence-corrected chi connectivity index (χ2v) is 10.5. The highest BCUT2D eigenvalue weighted by atomic mass is 15.0. The molecule has 0 aliphatic heterocycles. The molecule has 5 aromatic carbocycles. The van der Waals surface area contributed by atoms with Crippen molar-refractivity contribution >= 4 is 49.7 Å². The molecule has 190 valence electrons. The lowest BCUT2D eigenvalue weighted by molar-refractivity contribution is 0.795. The molecule has 0 saturated heterocycles. The lowest BCUT2D eigenvalue weighted by Gasteiger charge is -2.10. The van der Waals surface area contributed by atoms with E-state index in [0.717, 1.165) is 18.5 Å². The minimum Gasteiger partial charge on any atom is -0.336 e. The van der Waals surface area contributed by atoms with Gasteiger partial charge in [-0.1, -0.05) is 98.8 Å². The van der Waals surface area contributed by atoms with Gasteiger partial charge in [-0.15, -0.1) is 0 Å². The third-order valence-electron chi connectivity index (χ3n) is 8.14. The van der Waals surface area contributed by atoms with Crippen LogP contribution in [0.1, 0.15) is 36.5 Å². The van der Waals surface area contributed by atoms with E-state index in [1.165, 1.54) is 73.3 Å². The zero-order valence-electron chi connectivity index (χ0n) is 22.4. The average Bonchev–Trinajstić information content (AvgIpc) is 3.49. The number of hydrogen-bond acceptors (Lipinski definition) is 0. The number of unbranched alkanes of at least 4 members (excludes halogenated alkanes) is 1. The maximum Gasteiger partial charge on any atom is 0.0548 e. The van der Waals surface area contributed by atoms with Gasteiger partial charge in [0.05, 0.1) is 16.6 Å². The van der Waals surface area contributed by atoms with Gasteiger partial charge in [-0.05, 0) is 65.9 Å². The summed E-state index contributed by atoms with van der Waals surface area (Å²) >= 11 is 0. The first-order valence-electron chi connectivity index (χ1n) is 14.0. The van der Waals surface area contributed by atoms with Gasteiger partial charge in [-0.25, -0.2) is 0 Å². The number of aromatic nitrogens is 2. The molecule has 2 heteroatoms. The van der Waals surface area contributed by atoms with Crippen LogP contribution in [0.5, 0.6) is 0 Å². The lowest BCUT2D eigenvalue weighted by atomic mass is 10.1. The Morgan fingerprint density at radius 1 is 0.615 bits per heavy atom. The smallest absolute Gasteiger partial charge is 0.0548 e. The summed E-state index contributed by atoms with van der Waals surface area (Å²) in [7, 11) is 0. The zero-order chi connectivity index (χ0) is 26.3. The van der Waals surface area contributed by atoms with Crippen molar-refractivity contribution in [1.82, 2.24) is 9.13 Å². The highest BCUT2D eigenvalue weighted by Crippen LogP contribution is 2.41. The van der Waals surface area contributed by atoms with Crippen molar-refractivity contribution in [2.45, 2.75) is 32.7 Å². The average molecular weight is 505 g/mol. The van der Waals surface area contributed by atoms with Crippen LogP contribution >= 0.6 is 0 Å². The van der Waals surface area contributed by atoms with E-state index in [2.05, 4.69) is 132 Å². The zero-order valence-corrected chi connectivity index (χ0v) is 22.4. The number of aryl methyl sites for hydroxylation is 1. The van der Waals surface area contributed by atoms with Gasteiger partial charge in [0.1, 0.15) is 0 Å². The Bertz CT molecular complexity index is 1970. The van der Waals surface area contributed by atoms with Crippen LogP contribution in [0.15, 0.2) is 116 Å². The van der Waals surface area contributed by atoms with Crippen LogP contribution in [0.3, 0.4) is 0 Å². The Balaban J connectivity index is 1.49. The van der Waals surface area contributed by atoms with Crippen LogP contribution in [0.25, 0.3) is 55.4 Å². The molecule has 0 fully saturated rings. The number of nitrogens with zero attached hydrogens (tertiary/aromatic N) is 2. The summed E-state index contributed by atoms with van der Waals surface area (Å²) in [5.41, 5.74) is 10.1. The molecule has 7 aromatic rings. The second kappa shape index (κ2) is 9.63. The lowest BCUT2D eigenvalue weighted by Crippen LogP contribution is -1.99. The summed E-state index contributed by atoms with van der Waals surface area (Å²) < 4.78 is 4.91. The van der Waals surface area contributed by atoms with E-state index in [4.69, 9.17) is 0 Å². The molecule has 0 aliphatic rings. The van der Waals surface area contributed by atoms with Crippen molar-refractivity contribution in [2.75, 3.05) is 0 Å². The molecule has 0 radical (unpaired) electrons. The quantitative estimate of drug-likeness (QED) is 0.204. The van der Waals surface area contributed by atoms with E-state index in [0.29, 0.717) is 0 Å². The fraction of sp³-hybridized carbons (Fsp3) is 0.135. The van der Waals surface area contributed by atoms with Crippen LogP contribution in [0.4, 0.5) is 0 Å². The number of benzene rings is 5. The Hall–Kier alpha value is -4.56. The summed E-state index contributed by atoms with van der Waals surface area (Å²) in [6.07, 6.45) is 5.49. The normalized spacial score (nSPS) is 11.7. The first kappa shape index (κ1) is 23.5. The van der Waals surface area contributed by atoms with Gasteiger partial charge < -0.3 is 9.13 Å². The molecule has 0 bridgehead atoms. The van der Waals surface area contributed by atoms with Crippen LogP contribution in [-0.4, -0.2) is 9.13 Å². The topological polar surface area (TPSA) is 9.86 Å². The SMILES string of the molecule is C=Cc1ccc(Cn2c3ccccc3c3c4c5ccccc5n(-c5ccc(CCCC)cc5)c4ccc32)cc1. The highest BCUT2D eigenvalue weighted by molar-refractivity contribution is 6.28. The van der Waals surface area contributed by atoms with E-state index in [1.807, 2.05) is 6.08 Å². The van der Waals surface area contributed by atoms with Crippen molar-refractivity contribution in [1.29, 1.82) is 0 Å². The molecule has 0 atom stereocenters. The summed E-state index contributed by atoms with van der Waals surface area (Å²) in [5, 5.41) is 5.26. The molecular weight excluding hydrogens is 472 g/mol. The molecule has 0 aliphatic carbocycles. The summed E-state index contributed by atoms with van der Waals surface area (Å²) in [6.45, 7) is 6.98. The van der Waals surface area contributed by atoms with Gasteiger partial charge in [0, 0.05) is 39.3 Å². The van der Waals surface area contributed by atoms with Gasteiger partial charge in [0.2, 0.25) is 0 Å². The van der Waals surface area contributed by atoms with E-state index in [-0.39, 0.29) is 0 Å². The van der Waals surface area contributed by atoms with Crippen molar-refractivity contribution in [3.05, 3.63) is 132 Å². The van der Waals surface area contributed by atoms with Crippen LogP contribution in [0, 0.1) is 0 Å². The molecule has 0 unspecified atom stereocenters. The van der Waals surface area contributed by atoms with Gasteiger partial charge >= 0.3 is 0 Å². The molecule has 2 heterocycles. The molecule has 2 nitrogen and oxygen atoms in total. The summed E-state index contributed by atoms with van der Waals surface area (Å²) in [4.78, 5) is 0. The maximum absolute atomic E-state index is 3.90. The molecule has 0 spiro atoms. The van der Waals surface area contributed by atoms with E-state index < -0.39 is 0 Å². The number of hydrogen-bond donors (Lipinski definition) is 0. The number of para-hydroxylation sites is 2. The third kappa shape index (κ3) is 3.87. The largest absolute Gasteiger partial charge is 0.336 e. The first-order valence-corrected chi connectivity index (χ1v) is 14.0. The maximum atomic E-state index is 3.90. The van der Waals surface area contributed by atoms with Gasteiger partial charge in [-0.3, -0.25) is 0 Å². The second-order valence-electron chi connectivity index (χ2n) is 10.5. The van der Waals surface area contributed by atoms with E-state index in [1.54, 1.807) is 0 Å². The fourth-order valence-corrected chi connectivity index (χ4v) is 6.18. The minimum atomic E-state index is 0.824. The molecule has 39 heavy (non-hydrogen) atoms. The predicted octanol–water partition coefficient (Wildman–Crippen LogP) is 9.93. The number of fused-ring (bicyclic) bond motifs is 7.